The summed E-state index contributed by atoms with van der Waals surface area (Å²) < 4.78 is 31.5. The Kier molecular flexibility index (Phi) is 5.87. The molecule has 0 unspecified atom stereocenters. The van der Waals surface area contributed by atoms with Gasteiger partial charge in [0.2, 0.25) is 5.22 Å². The molecular formula is C15H18ClN3O4S. The zero-order chi connectivity index (χ0) is 17.7. The molecule has 9 heteroatoms. The van der Waals surface area contributed by atoms with Crippen LogP contribution in [0.25, 0.3) is 0 Å². The van der Waals surface area contributed by atoms with Crippen molar-refractivity contribution in [1.82, 2.24) is 10.2 Å². The summed E-state index contributed by atoms with van der Waals surface area (Å²) in [5.41, 5.74) is 0.759. The molecule has 1 heterocycles. The van der Waals surface area contributed by atoms with E-state index in [0.29, 0.717) is 17.8 Å². The first-order valence-corrected chi connectivity index (χ1v) is 8.94. The number of benzene rings is 1. The molecule has 7 nitrogen and oxygen atoms in total. The van der Waals surface area contributed by atoms with Crippen molar-refractivity contribution in [3.63, 3.8) is 0 Å². The number of nitrogens with zero attached hydrogens (tertiary/aromatic N) is 1. The number of hydrogen-bond donors (Lipinski definition) is 2. The summed E-state index contributed by atoms with van der Waals surface area (Å²) >= 11 is 5.69. The van der Waals surface area contributed by atoms with Crippen LogP contribution in [-0.2, 0) is 10.0 Å². The summed E-state index contributed by atoms with van der Waals surface area (Å²) in [5.74, 6) is -0.218. The van der Waals surface area contributed by atoms with Crippen LogP contribution in [-0.4, -0.2) is 46.4 Å². The van der Waals surface area contributed by atoms with Crippen molar-refractivity contribution in [1.29, 1.82) is 0 Å². The predicted molar refractivity (Wildman–Crippen MR) is 91.9 cm³/mol. The molecule has 0 aliphatic heterocycles. The third kappa shape index (κ3) is 4.73. The Labute approximate surface area is 145 Å². The number of nitrogens with one attached hydrogen (secondary N) is 2. The highest BCUT2D eigenvalue weighted by Crippen LogP contribution is 2.24. The van der Waals surface area contributed by atoms with Gasteiger partial charge >= 0.3 is 0 Å². The van der Waals surface area contributed by atoms with E-state index in [-0.39, 0.29) is 16.0 Å². The number of halogens is 1. The maximum absolute atomic E-state index is 12.2. The molecule has 0 spiro atoms. The molecular weight excluding hydrogens is 354 g/mol. The first-order chi connectivity index (χ1) is 11.3. The fourth-order valence-corrected chi connectivity index (χ4v) is 3.34. The van der Waals surface area contributed by atoms with Gasteiger partial charge in [0.05, 0.1) is 6.26 Å². The van der Waals surface area contributed by atoms with Crippen LogP contribution < -0.4 is 10.0 Å². The van der Waals surface area contributed by atoms with Gasteiger partial charge in [0.15, 0.2) is 0 Å². The van der Waals surface area contributed by atoms with E-state index in [2.05, 4.69) is 10.0 Å². The van der Waals surface area contributed by atoms with Crippen LogP contribution in [0.3, 0.4) is 0 Å². The van der Waals surface area contributed by atoms with Crippen LogP contribution in [0.5, 0.6) is 0 Å². The minimum atomic E-state index is -3.84. The van der Waals surface area contributed by atoms with Gasteiger partial charge in [-0.3, -0.25) is 9.52 Å². The van der Waals surface area contributed by atoms with Gasteiger partial charge in [0, 0.05) is 24.3 Å². The van der Waals surface area contributed by atoms with Gasteiger partial charge in [-0.05, 0) is 56.0 Å². The van der Waals surface area contributed by atoms with Gasteiger partial charge in [0.25, 0.3) is 15.9 Å². The molecule has 0 aliphatic rings. The Hall–Kier alpha value is -2.03. The molecule has 0 aliphatic carbocycles. The SMILES string of the molecule is CN(C)CCNC(=O)c1ccc(NS(=O)(=O)c2ccoc2Cl)cc1. The standard InChI is InChI=1S/C15H18ClN3O4S/c1-19(2)9-8-17-15(20)11-3-5-12(6-4-11)18-24(21,22)13-7-10-23-14(13)16/h3-7,10,18H,8-9H2,1-2H3,(H,17,20). The second-order valence-corrected chi connectivity index (χ2v) is 7.29. The first kappa shape index (κ1) is 18.3. The number of hydrogen-bond acceptors (Lipinski definition) is 5. The number of amides is 1. The van der Waals surface area contributed by atoms with E-state index in [1.165, 1.54) is 24.5 Å². The quantitative estimate of drug-likeness (QED) is 0.777. The van der Waals surface area contributed by atoms with Crippen LogP contribution in [0.4, 0.5) is 5.69 Å². The van der Waals surface area contributed by atoms with Crippen LogP contribution in [0.2, 0.25) is 5.22 Å². The highest BCUT2D eigenvalue weighted by atomic mass is 35.5. The number of carbonyl (C=O) groups excluding carboxylic acids is 1. The van der Waals surface area contributed by atoms with Crippen molar-refractivity contribution in [2.75, 3.05) is 31.9 Å². The molecule has 1 aromatic carbocycles. The zero-order valence-corrected chi connectivity index (χ0v) is 14.8. The molecule has 2 N–H and O–H groups in total. The summed E-state index contributed by atoms with van der Waals surface area (Å²) in [6, 6.07) is 7.36. The summed E-state index contributed by atoms with van der Waals surface area (Å²) in [5, 5.41) is 2.57. The maximum Gasteiger partial charge on any atom is 0.266 e. The highest BCUT2D eigenvalue weighted by molar-refractivity contribution is 7.92. The first-order valence-electron chi connectivity index (χ1n) is 7.08. The number of sulfonamides is 1. The molecule has 0 saturated carbocycles. The summed E-state index contributed by atoms with van der Waals surface area (Å²) in [6.45, 7) is 1.26. The van der Waals surface area contributed by atoms with E-state index >= 15 is 0 Å². The Bertz CT molecular complexity index is 800. The normalized spacial score (nSPS) is 11.5. The van der Waals surface area contributed by atoms with E-state index < -0.39 is 10.0 Å². The molecule has 24 heavy (non-hydrogen) atoms. The summed E-state index contributed by atoms with van der Waals surface area (Å²) in [7, 11) is -0.00723. The number of rotatable bonds is 7. The molecule has 0 saturated heterocycles. The molecule has 1 amide bonds. The lowest BCUT2D eigenvalue weighted by Gasteiger charge is -2.11. The Morgan fingerprint density at radius 3 is 2.42 bits per heavy atom. The average Bonchev–Trinajstić information content (AvgIpc) is 2.94. The van der Waals surface area contributed by atoms with E-state index in [1.807, 2.05) is 19.0 Å². The largest absolute Gasteiger partial charge is 0.451 e. The fraction of sp³-hybridized carbons (Fsp3) is 0.267. The van der Waals surface area contributed by atoms with E-state index in [9.17, 15) is 13.2 Å². The van der Waals surface area contributed by atoms with Gasteiger partial charge in [-0.25, -0.2) is 8.42 Å². The lowest BCUT2D eigenvalue weighted by molar-refractivity contribution is 0.0951. The molecule has 0 atom stereocenters. The van der Waals surface area contributed by atoms with Crippen molar-refractivity contribution in [3.05, 3.63) is 47.4 Å². The maximum atomic E-state index is 12.2. The second kappa shape index (κ2) is 7.69. The fourth-order valence-electron chi connectivity index (χ4n) is 1.87. The number of furan rings is 1. The number of anilines is 1. The molecule has 1 aromatic heterocycles. The van der Waals surface area contributed by atoms with Crippen molar-refractivity contribution in [3.8, 4) is 0 Å². The topological polar surface area (TPSA) is 91.7 Å². The molecule has 0 bridgehead atoms. The van der Waals surface area contributed by atoms with E-state index in [1.54, 1.807) is 12.1 Å². The van der Waals surface area contributed by atoms with E-state index in [4.69, 9.17) is 16.0 Å². The van der Waals surface area contributed by atoms with Crippen molar-refractivity contribution in [2.45, 2.75) is 4.90 Å². The van der Waals surface area contributed by atoms with Crippen LogP contribution >= 0.6 is 11.6 Å². The lowest BCUT2D eigenvalue weighted by atomic mass is 10.2. The van der Waals surface area contributed by atoms with E-state index in [0.717, 1.165) is 6.54 Å². The Morgan fingerprint density at radius 1 is 1.21 bits per heavy atom. The van der Waals surface area contributed by atoms with Crippen LogP contribution in [0.1, 0.15) is 10.4 Å². The number of carbonyl (C=O) groups is 1. The molecule has 0 radical (unpaired) electrons. The average molecular weight is 372 g/mol. The molecule has 130 valence electrons. The monoisotopic (exact) mass is 371 g/mol. The molecule has 0 fully saturated rings. The Balaban J connectivity index is 2.02. The van der Waals surface area contributed by atoms with Crippen molar-refractivity contribution in [2.24, 2.45) is 0 Å². The summed E-state index contributed by atoms with van der Waals surface area (Å²) in [4.78, 5) is 13.8. The molecule has 2 aromatic rings. The third-order valence-electron chi connectivity index (χ3n) is 3.12. The zero-order valence-electron chi connectivity index (χ0n) is 13.2. The van der Waals surface area contributed by atoms with Crippen LogP contribution in [0, 0.1) is 0 Å². The van der Waals surface area contributed by atoms with Crippen molar-refractivity contribution >= 4 is 33.2 Å². The molecule has 2 rings (SSSR count). The third-order valence-corrected chi connectivity index (χ3v) is 4.93. The summed E-state index contributed by atoms with van der Waals surface area (Å²) in [6.07, 6.45) is 1.19. The van der Waals surface area contributed by atoms with Crippen molar-refractivity contribution < 1.29 is 17.6 Å². The Morgan fingerprint density at radius 2 is 1.88 bits per heavy atom. The minimum absolute atomic E-state index is 0.144. The predicted octanol–water partition coefficient (Wildman–Crippen LogP) is 2.03. The van der Waals surface area contributed by atoms with Crippen LogP contribution in [0.15, 0.2) is 45.9 Å². The highest BCUT2D eigenvalue weighted by Gasteiger charge is 2.20. The van der Waals surface area contributed by atoms with Gasteiger partial charge in [-0.1, -0.05) is 0 Å². The van der Waals surface area contributed by atoms with Gasteiger partial charge in [-0.2, -0.15) is 0 Å². The van der Waals surface area contributed by atoms with Gasteiger partial charge in [0.1, 0.15) is 4.90 Å². The van der Waals surface area contributed by atoms with Gasteiger partial charge < -0.3 is 14.6 Å². The lowest BCUT2D eigenvalue weighted by Crippen LogP contribution is -2.31. The second-order valence-electron chi connectivity index (χ2n) is 5.30. The minimum Gasteiger partial charge on any atom is -0.451 e. The van der Waals surface area contributed by atoms with Gasteiger partial charge in [-0.15, -0.1) is 0 Å². The number of likely N-dealkylation sites (N-methyl/N-ethyl adjacent to an activating group) is 1. The smallest absolute Gasteiger partial charge is 0.266 e.